The highest BCUT2D eigenvalue weighted by Gasteiger charge is 2.09. The number of hydrogen-bond acceptors (Lipinski definition) is 3. The third kappa shape index (κ3) is 4.05. The summed E-state index contributed by atoms with van der Waals surface area (Å²) in [6.07, 6.45) is 5.23. The summed E-state index contributed by atoms with van der Waals surface area (Å²) in [6.45, 7) is 4.85. The van der Waals surface area contributed by atoms with Gasteiger partial charge in [-0.15, -0.1) is 0 Å². The summed E-state index contributed by atoms with van der Waals surface area (Å²) in [5.41, 5.74) is 1.82. The number of benzene rings is 1. The van der Waals surface area contributed by atoms with E-state index in [0.29, 0.717) is 0 Å². The molecule has 0 saturated carbocycles. The zero-order valence-electron chi connectivity index (χ0n) is 10.9. The van der Waals surface area contributed by atoms with Crippen LogP contribution in [0.15, 0.2) is 24.3 Å². The van der Waals surface area contributed by atoms with Crippen LogP contribution < -0.4 is 5.32 Å². The third-order valence-corrected chi connectivity index (χ3v) is 3.44. The SMILES string of the molecule is N#Cc1ccc(NCCCCN2CCCC2)cc1. The molecule has 0 amide bonds. The Morgan fingerprint density at radius 1 is 1.11 bits per heavy atom. The van der Waals surface area contributed by atoms with Crippen molar-refractivity contribution in [1.82, 2.24) is 4.90 Å². The monoisotopic (exact) mass is 243 g/mol. The van der Waals surface area contributed by atoms with Crippen molar-refractivity contribution in [2.45, 2.75) is 25.7 Å². The molecule has 1 fully saturated rings. The van der Waals surface area contributed by atoms with E-state index < -0.39 is 0 Å². The Balaban J connectivity index is 1.58. The molecule has 3 heteroatoms. The molecule has 1 heterocycles. The number of hydrogen-bond donors (Lipinski definition) is 1. The minimum absolute atomic E-state index is 0.717. The van der Waals surface area contributed by atoms with Gasteiger partial charge in [0.1, 0.15) is 0 Å². The van der Waals surface area contributed by atoms with Gasteiger partial charge >= 0.3 is 0 Å². The Hall–Kier alpha value is -1.53. The van der Waals surface area contributed by atoms with Crippen LogP contribution in [0.2, 0.25) is 0 Å². The van der Waals surface area contributed by atoms with Crippen LogP contribution in [0, 0.1) is 11.3 Å². The molecular weight excluding hydrogens is 222 g/mol. The molecule has 1 aromatic rings. The van der Waals surface area contributed by atoms with Gasteiger partial charge in [0, 0.05) is 12.2 Å². The largest absolute Gasteiger partial charge is 0.385 e. The Bertz CT molecular complexity index is 385. The van der Waals surface area contributed by atoms with Crippen molar-refractivity contribution in [2.75, 3.05) is 31.5 Å². The van der Waals surface area contributed by atoms with Crippen molar-refractivity contribution < 1.29 is 0 Å². The summed E-state index contributed by atoms with van der Waals surface area (Å²) in [5, 5.41) is 12.1. The molecule has 0 spiro atoms. The topological polar surface area (TPSA) is 39.1 Å². The second kappa shape index (κ2) is 7.03. The van der Waals surface area contributed by atoms with Gasteiger partial charge in [0.25, 0.3) is 0 Å². The third-order valence-electron chi connectivity index (χ3n) is 3.44. The smallest absolute Gasteiger partial charge is 0.0991 e. The van der Waals surface area contributed by atoms with Crippen molar-refractivity contribution in [3.05, 3.63) is 29.8 Å². The van der Waals surface area contributed by atoms with Gasteiger partial charge in [0.2, 0.25) is 0 Å². The van der Waals surface area contributed by atoms with E-state index in [2.05, 4.69) is 16.3 Å². The molecule has 0 atom stereocenters. The fourth-order valence-electron chi connectivity index (χ4n) is 2.36. The Labute approximate surface area is 109 Å². The zero-order valence-corrected chi connectivity index (χ0v) is 10.9. The van der Waals surface area contributed by atoms with E-state index in [0.717, 1.165) is 17.8 Å². The first-order valence-electron chi connectivity index (χ1n) is 6.85. The normalized spacial score (nSPS) is 15.5. The molecule has 1 N–H and O–H groups in total. The predicted octanol–water partition coefficient (Wildman–Crippen LogP) is 2.85. The number of rotatable bonds is 6. The predicted molar refractivity (Wildman–Crippen MR) is 74.6 cm³/mol. The van der Waals surface area contributed by atoms with Crippen LogP contribution in [0.25, 0.3) is 0 Å². The maximum Gasteiger partial charge on any atom is 0.0991 e. The molecule has 2 rings (SSSR count). The summed E-state index contributed by atoms with van der Waals surface area (Å²) in [7, 11) is 0. The average molecular weight is 243 g/mol. The number of unbranched alkanes of at least 4 members (excludes halogenated alkanes) is 1. The first kappa shape index (κ1) is 12.9. The second-order valence-corrected chi connectivity index (χ2v) is 4.87. The number of nitrogens with zero attached hydrogens (tertiary/aromatic N) is 2. The summed E-state index contributed by atoms with van der Waals surface area (Å²) < 4.78 is 0. The van der Waals surface area contributed by atoms with Crippen LogP contribution in [-0.4, -0.2) is 31.1 Å². The summed E-state index contributed by atoms with van der Waals surface area (Å²) in [5.74, 6) is 0. The number of nitrogens with one attached hydrogen (secondary N) is 1. The molecule has 0 aromatic heterocycles. The number of likely N-dealkylation sites (tertiary alicyclic amines) is 1. The lowest BCUT2D eigenvalue weighted by Crippen LogP contribution is -2.20. The summed E-state index contributed by atoms with van der Waals surface area (Å²) in [4.78, 5) is 2.56. The number of nitriles is 1. The molecular formula is C15H21N3. The van der Waals surface area contributed by atoms with Crippen LogP contribution in [0.3, 0.4) is 0 Å². The van der Waals surface area contributed by atoms with Crippen molar-refractivity contribution in [3.8, 4) is 6.07 Å². The summed E-state index contributed by atoms with van der Waals surface area (Å²) >= 11 is 0. The Morgan fingerprint density at radius 2 is 1.83 bits per heavy atom. The standard InChI is InChI=1S/C15H21N3/c16-13-14-5-7-15(8-6-14)17-9-1-2-10-18-11-3-4-12-18/h5-8,17H,1-4,9-12H2. The van der Waals surface area contributed by atoms with Crippen LogP contribution in [0.5, 0.6) is 0 Å². The highest BCUT2D eigenvalue weighted by atomic mass is 15.1. The molecule has 1 saturated heterocycles. The van der Waals surface area contributed by atoms with Gasteiger partial charge in [-0.25, -0.2) is 0 Å². The van der Waals surface area contributed by atoms with Gasteiger partial charge in [0.05, 0.1) is 11.6 Å². The van der Waals surface area contributed by atoms with E-state index >= 15 is 0 Å². The molecule has 0 bridgehead atoms. The molecule has 3 nitrogen and oxygen atoms in total. The maximum atomic E-state index is 8.70. The second-order valence-electron chi connectivity index (χ2n) is 4.87. The van der Waals surface area contributed by atoms with Gasteiger partial charge in [-0.3, -0.25) is 0 Å². The molecule has 1 aromatic carbocycles. The molecule has 1 aliphatic rings. The Morgan fingerprint density at radius 3 is 2.50 bits per heavy atom. The van der Waals surface area contributed by atoms with E-state index in [4.69, 9.17) is 5.26 Å². The fourth-order valence-corrected chi connectivity index (χ4v) is 2.36. The van der Waals surface area contributed by atoms with E-state index in [1.54, 1.807) is 0 Å². The van der Waals surface area contributed by atoms with Crippen molar-refractivity contribution >= 4 is 5.69 Å². The van der Waals surface area contributed by atoms with Crippen LogP contribution in [0.4, 0.5) is 5.69 Å². The lowest BCUT2D eigenvalue weighted by Gasteiger charge is -2.14. The highest BCUT2D eigenvalue weighted by molar-refractivity contribution is 5.46. The maximum absolute atomic E-state index is 8.70. The molecule has 0 unspecified atom stereocenters. The van der Waals surface area contributed by atoms with Crippen LogP contribution in [0.1, 0.15) is 31.2 Å². The number of anilines is 1. The van der Waals surface area contributed by atoms with Crippen LogP contribution in [-0.2, 0) is 0 Å². The van der Waals surface area contributed by atoms with Crippen molar-refractivity contribution in [3.63, 3.8) is 0 Å². The summed E-state index contributed by atoms with van der Waals surface area (Å²) in [6, 6.07) is 9.78. The van der Waals surface area contributed by atoms with E-state index in [-0.39, 0.29) is 0 Å². The molecule has 0 aliphatic carbocycles. The molecule has 0 radical (unpaired) electrons. The first-order chi connectivity index (χ1) is 8.88. The molecule has 18 heavy (non-hydrogen) atoms. The zero-order chi connectivity index (χ0) is 12.6. The van der Waals surface area contributed by atoms with Gasteiger partial charge in [-0.05, 0) is 69.6 Å². The molecule has 1 aliphatic heterocycles. The minimum Gasteiger partial charge on any atom is -0.385 e. The van der Waals surface area contributed by atoms with E-state index in [1.807, 2.05) is 24.3 Å². The van der Waals surface area contributed by atoms with Gasteiger partial charge in [-0.1, -0.05) is 0 Å². The van der Waals surface area contributed by atoms with E-state index in [1.165, 1.54) is 45.3 Å². The van der Waals surface area contributed by atoms with Gasteiger partial charge in [0.15, 0.2) is 0 Å². The lowest BCUT2D eigenvalue weighted by molar-refractivity contribution is 0.331. The van der Waals surface area contributed by atoms with Gasteiger partial charge < -0.3 is 10.2 Å². The van der Waals surface area contributed by atoms with Crippen LogP contribution >= 0.6 is 0 Å². The minimum atomic E-state index is 0.717. The average Bonchev–Trinajstić information content (AvgIpc) is 2.92. The molecule has 96 valence electrons. The Kier molecular flexibility index (Phi) is 5.04. The van der Waals surface area contributed by atoms with E-state index in [9.17, 15) is 0 Å². The first-order valence-corrected chi connectivity index (χ1v) is 6.85. The van der Waals surface area contributed by atoms with Gasteiger partial charge in [-0.2, -0.15) is 5.26 Å². The fraction of sp³-hybridized carbons (Fsp3) is 0.533. The quantitative estimate of drug-likeness (QED) is 0.781. The van der Waals surface area contributed by atoms with Crippen molar-refractivity contribution in [2.24, 2.45) is 0 Å². The highest BCUT2D eigenvalue weighted by Crippen LogP contribution is 2.10. The lowest BCUT2D eigenvalue weighted by atomic mass is 10.2. The van der Waals surface area contributed by atoms with Crippen molar-refractivity contribution in [1.29, 1.82) is 5.26 Å².